The summed E-state index contributed by atoms with van der Waals surface area (Å²) in [4.78, 5) is 34.4. The maximum absolute atomic E-state index is 13.5. The van der Waals surface area contributed by atoms with Crippen molar-refractivity contribution in [3.63, 3.8) is 0 Å². The summed E-state index contributed by atoms with van der Waals surface area (Å²) in [5.74, 6) is 1.17. The van der Waals surface area contributed by atoms with E-state index in [4.69, 9.17) is 0 Å². The van der Waals surface area contributed by atoms with Gasteiger partial charge in [0.25, 0.3) is 0 Å². The number of hydrogen-bond acceptors (Lipinski definition) is 3. The quantitative estimate of drug-likeness (QED) is 0.603. The lowest BCUT2D eigenvalue weighted by atomic mass is 9.71. The summed E-state index contributed by atoms with van der Waals surface area (Å²) >= 11 is 0. The van der Waals surface area contributed by atoms with Gasteiger partial charge in [-0.2, -0.15) is 0 Å². The third kappa shape index (κ3) is 5.45. The minimum Gasteiger partial charge on any atom is -0.348 e. The lowest BCUT2D eigenvalue weighted by Crippen LogP contribution is -2.51. The van der Waals surface area contributed by atoms with Gasteiger partial charge in [-0.05, 0) is 48.8 Å². The van der Waals surface area contributed by atoms with E-state index in [1.165, 1.54) is 31.2 Å². The summed E-state index contributed by atoms with van der Waals surface area (Å²) in [5, 5.41) is 0. The predicted octanol–water partition coefficient (Wildman–Crippen LogP) is 4.96. The molecule has 1 aliphatic carbocycles. The number of piperidine rings is 1. The van der Waals surface area contributed by atoms with E-state index in [2.05, 4.69) is 23.2 Å². The van der Waals surface area contributed by atoms with Crippen LogP contribution in [0.5, 0.6) is 0 Å². The first-order valence-electron chi connectivity index (χ1n) is 12.5. The van der Waals surface area contributed by atoms with Crippen LogP contribution in [0.2, 0.25) is 0 Å². The number of benzene rings is 1. The smallest absolute Gasteiger partial charge is 0.228 e. The summed E-state index contributed by atoms with van der Waals surface area (Å²) in [7, 11) is 3.69. The SMILES string of the molecule is CN(C)C(=O)C1(Cc2ccccc2-c2cccnc2)CCN(C(=O)CCC2CCCC2)CC1. The Morgan fingerprint density at radius 2 is 1.79 bits per heavy atom. The molecular formula is C28H37N3O2. The molecule has 1 saturated heterocycles. The Hall–Kier alpha value is -2.69. The predicted molar refractivity (Wildman–Crippen MR) is 132 cm³/mol. The Kier molecular flexibility index (Phi) is 7.46. The summed E-state index contributed by atoms with van der Waals surface area (Å²) in [5.41, 5.74) is 2.89. The van der Waals surface area contributed by atoms with Gasteiger partial charge in [-0.1, -0.05) is 56.0 Å². The highest BCUT2D eigenvalue weighted by molar-refractivity contribution is 5.84. The van der Waals surface area contributed by atoms with Crippen LogP contribution in [0.1, 0.15) is 56.9 Å². The topological polar surface area (TPSA) is 53.5 Å². The average Bonchev–Trinajstić information content (AvgIpc) is 3.37. The van der Waals surface area contributed by atoms with Crippen molar-refractivity contribution >= 4 is 11.8 Å². The van der Waals surface area contributed by atoms with E-state index in [0.29, 0.717) is 38.8 Å². The number of pyridine rings is 1. The zero-order valence-electron chi connectivity index (χ0n) is 20.1. The second-order valence-corrected chi connectivity index (χ2v) is 10.1. The van der Waals surface area contributed by atoms with Crippen molar-refractivity contribution in [2.45, 2.75) is 57.8 Å². The average molecular weight is 448 g/mol. The van der Waals surface area contributed by atoms with Gasteiger partial charge in [-0.3, -0.25) is 14.6 Å². The molecule has 2 fully saturated rings. The first-order chi connectivity index (χ1) is 16.0. The van der Waals surface area contributed by atoms with Crippen LogP contribution in [0.25, 0.3) is 11.1 Å². The van der Waals surface area contributed by atoms with Crippen LogP contribution in [0.4, 0.5) is 0 Å². The molecule has 2 aromatic rings. The van der Waals surface area contributed by atoms with Gasteiger partial charge in [0.2, 0.25) is 11.8 Å². The van der Waals surface area contributed by atoms with Crippen molar-refractivity contribution in [2.75, 3.05) is 27.2 Å². The van der Waals surface area contributed by atoms with E-state index in [-0.39, 0.29) is 11.8 Å². The maximum Gasteiger partial charge on any atom is 0.228 e. The lowest BCUT2D eigenvalue weighted by Gasteiger charge is -2.42. The van der Waals surface area contributed by atoms with Crippen molar-refractivity contribution < 1.29 is 9.59 Å². The monoisotopic (exact) mass is 447 g/mol. The van der Waals surface area contributed by atoms with Gasteiger partial charge in [0.05, 0.1) is 5.41 Å². The number of likely N-dealkylation sites (tertiary alicyclic amines) is 1. The largest absolute Gasteiger partial charge is 0.348 e. The fourth-order valence-corrected chi connectivity index (χ4v) is 5.75. The molecule has 1 aliphatic heterocycles. The molecule has 0 N–H and O–H groups in total. The number of carbonyl (C=O) groups is 2. The Morgan fingerprint density at radius 1 is 1.06 bits per heavy atom. The van der Waals surface area contributed by atoms with Gasteiger partial charge in [0, 0.05) is 51.6 Å². The fraction of sp³-hybridized carbons (Fsp3) is 0.536. The molecule has 0 radical (unpaired) electrons. The number of nitrogens with zero attached hydrogens (tertiary/aromatic N) is 3. The van der Waals surface area contributed by atoms with Crippen LogP contribution in [0.15, 0.2) is 48.8 Å². The molecule has 1 saturated carbocycles. The maximum atomic E-state index is 13.5. The Bertz CT molecular complexity index is 943. The van der Waals surface area contributed by atoms with E-state index >= 15 is 0 Å². The van der Waals surface area contributed by atoms with Crippen LogP contribution in [0, 0.1) is 11.3 Å². The van der Waals surface area contributed by atoms with Crippen LogP contribution in [-0.4, -0.2) is 53.8 Å². The number of carbonyl (C=O) groups excluding carboxylic acids is 2. The van der Waals surface area contributed by atoms with Crippen molar-refractivity contribution in [3.05, 3.63) is 54.4 Å². The van der Waals surface area contributed by atoms with Gasteiger partial charge in [-0.15, -0.1) is 0 Å². The molecule has 5 nitrogen and oxygen atoms in total. The van der Waals surface area contributed by atoms with E-state index in [1.54, 1.807) is 11.1 Å². The second-order valence-electron chi connectivity index (χ2n) is 10.1. The minimum absolute atomic E-state index is 0.168. The second kappa shape index (κ2) is 10.5. The molecular weight excluding hydrogens is 410 g/mol. The molecule has 1 aromatic carbocycles. The van der Waals surface area contributed by atoms with E-state index in [9.17, 15) is 9.59 Å². The Balaban J connectivity index is 1.49. The summed E-state index contributed by atoms with van der Waals surface area (Å²) < 4.78 is 0. The van der Waals surface area contributed by atoms with Crippen molar-refractivity contribution in [3.8, 4) is 11.1 Å². The number of amides is 2. The molecule has 2 amide bonds. The summed E-state index contributed by atoms with van der Waals surface area (Å²) in [6.07, 6.45) is 12.6. The summed E-state index contributed by atoms with van der Waals surface area (Å²) in [6, 6.07) is 12.3. The molecule has 33 heavy (non-hydrogen) atoms. The molecule has 1 aromatic heterocycles. The van der Waals surface area contributed by atoms with Gasteiger partial charge < -0.3 is 9.80 Å². The number of rotatable bonds is 7. The van der Waals surface area contributed by atoms with Crippen molar-refractivity contribution in [1.29, 1.82) is 0 Å². The zero-order chi connectivity index (χ0) is 23.3. The first kappa shape index (κ1) is 23.5. The highest BCUT2D eigenvalue weighted by Gasteiger charge is 2.43. The number of hydrogen-bond donors (Lipinski definition) is 0. The van der Waals surface area contributed by atoms with Crippen LogP contribution >= 0.6 is 0 Å². The van der Waals surface area contributed by atoms with Crippen LogP contribution in [-0.2, 0) is 16.0 Å². The van der Waals surface area contributed by atoms with E-state index in [0.717, 1.165) is 23.5 Å². The third-order valence-corrected chi connectivity index (χ3v) is 7.69. The van der Waals surface area contributed by atoms with Gasteiger partial charge >= 0.3 is 0 Å². The normalized spacial score (nSPS) is 18.3. The lowest BCUT2D eigenvalue weighted by molar-refractivity contribution is -0.146. The number of aromatic nitrogens is 1. The van der Waals surface area contributed by atoms with Gasteiger partial charge in [0.15, 0.2) is 0 Å². The molecule has 4 rings (SSSR count). The molecule has 0 spiro atoms. The zero-order valence-corrected chi connectivity index (χ0v) is 20.1. The van der Waals surface area contributed by atoms with Crippen LogP contribution in [0.3, 0.4) is 0 Å². The molecule has 2 heterocycles. The molecule has 0 unspecified atom stereocenters. The van der Waals surface area contributed by atoms with Gasteiger partial charge in [-0.25, -0.2) is 0 Å². The fourth-order valence-electron chi connectivity index (χ4n) is 5.75. The Morgan fingerprint density at radius 3 is 2.45 bits per heavy atom. The first-order valence-corrected chi connectivity index (χ1v) is 12.5. The van der Waals surface area contributed by atoms with E-state index in [1.807, 2.05) is 43.4 Å². The van der Waals surface area contributed by atoms with Crippen molar-refractivity contribution in [1.82, 2.24) is 14.8 Å². The highest BCUT2D eigenvalue weighted by Crippen LogP contribution is 2.39. The molecule has 176 valence electrons. The van der Waals surface area contributed by atoms with E-state index < -0.39 is 5.41 Å². The molecule has 0 atom stereocenters. The van der Waals surface area contributed by atoms with Crippen LogP contribution < -0.4 is 0 Å². The van der Waals surface area contributed by atoms with Crippen molar-refractivity contribution in [2.24, 2.45) is 11.3 Å². The molecule has 5 heteroatoms. The Labute approximate surface area is 198 Å². The summed E-state index contributed by atoms with van der Waals surface area (Å²) in [6.45, 7) is 1.33. The standard InChI is InChI=1S/C28H37N3O2/c1-30(2)27(33)28(20-23-10-5-6-12-25(23)24-11-7-17-29-21-24)15-18-31(19-16-28)26(32)14-13-22-8-3-4-9-22/h5-7,10-12,17,21-22H,3-4,8-9,13-16,18-20H2,1-2H3. The molecule has 2 aliphatic rings. The minimum atomic E-state index is -0.482. The highest BCUT2D eigenvalue weighted by atomic mass is 16.2. The third-order valence-electron chi connectivity index (χ3n) is 7.69. The van der Waals surface area contributed by atoms with Gasteiger partial charge in [0.1, 0.15) is 0 Å². The molecule has 0 bridgehead atoms.